The number of halogens is 1. The number of carbonyl (C=O) groups excluding carboxylic acids is 1. The van der Waals surface area contributed by atoms with Gasteiger partial charge in [0.05, 0.1) is 6.07 Å². The Hall–Kier alpha value is -1.53. The Morgan fingerprint density at radius 1 is 1.53 bits per heavy atom. The van der Waals surface area contributed by atoms with Crippen molar-refractivity contribution in [2.75, 3.05) is 6.61 Å². The van der Waals surface area contributed by atoms with Crippen molar-refractivity contribution in [3.05, 3.63) is 34.9 Å². The molecule has 4 heteroatoms. The summed E-state index contributed by atoms with van der Waals surface area (Å²) in [6, 6.07) is 8.98. The summed E-state index contributed by atoms with van der Waals surface area (Å²) in [4.78, 5) is 10.6. The normalized spacial score (nSPS) is 11.5. The predicted octanol–water partition coefficient (Wildman–Crippen LogP) is 2.51. The van der Waals surface area contributed by atoms with Crippen LogP contribution in [0.2, 0.25) is 5.02 Å². The van der Waals surface area contributed by atoms with E-state index in [9.17, 15) is 4.79 Å². The predicted molar refractivity (Wildman–Crippen MR) is 56.4 cm³/mol. The van der Waals surface area contributed by atoms with E-state index >= 15 is 0 Å². The number of ether oxygens (including phenoxy) is 1. The van der Waals surface area contributed by atoms with Gasteiger partial charge in [-0.25, -0.2) is 0 Å². The number of hydrogen-bond acceptors (Lipinski definition) is 3. The SMILES string of the molecule is CC(=O)OCC(C#N)c1ccc(Cl)cc1. The Morgan fingerprint density at radius 3 is 2.60 bits per heavy atom. The van der Waals surface area contributed by atoms with Crippen LogP contribution in [0.25, 0.3) is 0 Å². The summed E-state index contributed by atoms with van der Waals surface area (Å²) < 4.78 is 4.79. The van der Waals surface area contributed by atoms with Gasteiger partial charge in [0, 0.05) is 11.9 Å². The average Bonchev–Trinajstić information content (AvgIpc) is 2.21. The molecule has 0 spiro atoms. The minimum absolute atomic E-state index is 0.0769. The molecule has 0 aliphatic carbocycles. The zero-order valence-electron chi connectivity index (χ0n) is 8.24. The third-order valence-electron chi connectivity index (χ3n) is 1.88. The van der Waals surface area contributed by atoms with E-state index in [0.29, 0.717) is 5.02 Å². The molecule has 1 atom stereocenters. The summed E-state index contributed by atoms with van der Waals surface area (Å²) in [6.45, 7) is 1.39. The van der Waals surface area contributed by atoms with E-state index in [-0.39, 0.29) is 12.6 Å². The van der Waals surface area contributed by atoms with Gasteiger partial charge in [-0.2, -0.15) is 5.26 Å². The molecule has 1 unspecified atom stereocenters. The second kappa shape index (κ2) is 5.38. The van der Waals surface area contributed by atoms with E-state index in [4.69, 9.17) is 21.6 Å². The third kappa shape index (κ3) is 3.61. The number of carbonyl (C=O) groups is 1. The van der Waals surface area contributed by atoms with Crippen molar-refractivity contribution >= 4 is 17.6 Å². The van der Waals surface area contributed by atoms with Crippen LogP contribution in [0.1, 0.15) is 18.4 Å². The summed E-state index contributed by atoms with van der Waals surface area (Å²) in [5.41, 5.74) is 0.795. The van der Waals surface area contributed by atoms with E-state index in [0.717, 1.165) is 5.56 Å². The maximum atomic E-state index is 10.6. The van der Waals surface area contributed by atoms with Crippen LogP contribution >= 0.6 is 11.6 Å². The van der Waals surface area contributed by atoms with Crippen molar-refractivity contribution < 1.29 is 9.53 Å². The van der Waals surface area contributed by atoms with Crippen LogP contribution in [0.4, 0.5) is 0 Å². The molecule has 0 saturated carbocycles. The maximum Gasteiger partial charge on any atom is 0.302 e. The molecule has 1 rings (SSSR count). The summed E-state index contributed by atoms with van der Waals surface area (Å²) in [6.07, 6.45) is 0. The van der Waals surface area contributed by atoms with Crippen molar-refractivity contribution in [1.29, 1.82) is 5.26 Å². The summed E-state index contributed by atoms with van der Waals surface area (Å²) in [7, 11) is 0. The van der Waals surface area contributed by atoms with Gasteiger partial charge in [0.2, 0.25) is 0 Å². The molecule has 0 aliphatic heterocycles. The quantitative estimate of drug-likeness (QED) is 0.740. The van der Waals surface area contributed by atoms with Crippen molar-refractivity contribution in [2.24, 2.45) is 0 Å². The van der Waals surface area contributed by atoms with E-state index in [1.54, 1.807) is 24.3 Å². The number of benzene rings is 1. The van der Waals surface area contributed by atoms with Gasteiger partial charge in [0.15, 0.2) is 0 Å². The highest BCUT2D eigenvalue weighted by Crippen LogP contribution is 2.18. The largest absolute Gasteiger partial charge is 0.464 e. The van der Waals surface area contributed by atoms with Crippen LogP contribution in [0.5, 0.6) is 0 Å². The minimum Gasteiger partial charge on any atom is -0.464 e. The fourth-order valence-electron chi connectivity index (χ4n) is 1.10. The lowest BCUT2D eigenvalue weighted by atomic mass is 10.0. The van der Waals surface area contributed by atoms with E-state index in [1.165, 1.54) is 6.92 Å². The zero-order valence-corrected chi connectivity index (χ0v) is 8.99. The second-order valence-electron chi connectivity index (χ2n) is 3.04. The first-order chi connectivity index (χ1) is 7.13. The number of nitriles is 1. The molecule has 3 nitrogen and oxygen atoms in total. The van der Waals surface area contributed by atoms with E-state index < -0.39 is 5.92 Å². The van der Waals surface area contributed by atoms with Crippen molar-refractivity contribution in [3.63, 3.8) is 0 Å². The molecular formula is C11H10ClNO2. The number of esters is 1. The monoisotopic (exact) mass is 223 g/mol. The van der Waals surface area contributed by atoms with Crippen LogP contribution < -0.4 is 0 Å². The lowest BCUT2D eigenvalue weighted by Gasteiger charge is -2.08. The second-order valence-corrected chi connectivity index (χ2v) is 3.47. The summed E-state index contributed by atoms with van der Waals surface area (Å²) in [5.74, 6) is -0.824. The maximum absolute atomic E-state index is 10.6. The molecule has 0 amide bonds. The molecule has 0 saturated heterocycles. The van der Waals surface area contributed by atoms with Crippen LogP contribution in [0.15, 0.2) is 24.3 Å². The molecule has 0 aromatic heterocycles. The van der Waals surface area contributed by atoms with Gasteiger partial charge < -0.3 is 4.74 Å². The van der Waals surface area contributed by atoms with Gasteiger partial charge in [-0.1, -0.05) is 23.7 Å². The number of hydrogen-bond donors (Lipinski definition) is 0. The van der Waals surface area contributed by atoms with Crippen LogP contribution in [-0.4, -0.2) is 12.6 Å². The molecular weight excluding hydrogens is 214 g/mol. The van der Waals surface area contributed by atoms with Crippen molar-refractivity contribution in [1.82, 2.24) is 0 Å². The topological polar surface area (TPSA) is 50.1 Å². The van der Waals surface area contributed by atoms with Crippen LogP contribution in [0.3, 0.4) is 0 Å². The highest BCUT2D eigenvalue weighted by Gasteiger charge is 2.11. The molecule has 0 heterocycles. The van der Waals surface area contributed by atoms with Crippen LogP contribution in [0, 0.1) is 11.3 Å². The van der Waals surface area contributed by atoms with Gasteiger partial charge in [-0.05, 0) is 17.7 Å². The molecule has 15 heavy (non-hydrogen) atoms. The third-order valence-corrected chi connectivity index (χ3v) is 2.13. The Labute approximate surface area is 93.2 Å². The fourth-order valence-corrected chi connectivity index (χ4v) is 1.23. The molecule has 0 bridgehead atoms. The number of nitrogens with zero attached hydrogens (tertiary/aromatic N) is 1. The van der Waals surface area contributed by atoms with Gasteiger partial charge in [0.1, 0.15) is 12.5 Å². The highest BCUT2D eigenvalue weighted by atomic mass is 35.5. The summed E-state index contributed by atoms with van der Waals surface area (Å²) in [5, 5.41) is 9.50. The molecule has 1 aromatic carbocycles. The van der Waals surface area contributed by atoms with Crippen molar-refractivity contribution in [2.45, 2.75) is 12.8 Å². The van der Waals surface area contributed by atoms with Gasteiger partial charge in [-0.15, -0.1) is 0 Å². The Bertz CT molecular complexity index is 381. The lowest BCUT2D eigenvalue weighted by molar-refractivity contribution is -0.141. The number of rotatable bonds is 3. The first kappa shape index (κ1) is 11.5. The van der Waals surface area contributed by atoms with Gasteiger partial charge in [-0.3, -0.25) is 4.79 Å². The lowest BCUT2D eigenvalue weighted by Crippen LogP contribution is -2.09. The zero-order chi connectivity index (χ0) is 11.3. The Kier molecular flexibility index (Phi) is 4.14. The minimum atomic E-state index is -0.439. The smallest absolute Gasteiger partial charge is 0.302 e. The fraction of sp³-hybridized carbons (Fsp3) is 0.273. The molecule has 0 N–H and O–H groups in total. The van der Waals surface area contributed by atoms with E-state index in [2.05, 4.69) is 6.07 Å². The first-order valence-electron chi connectivity index (χ1n) is 4.42. The standard InChI is InChI=1S/C11H10ClNO2/c1-8(14)15-7-10(6-13)9-2-4-11(12)5-3-9/h2-5,10H,7H2,1H3. The van der Waals surface area contributed by atoms with Gasteiger partial charge >= 0.3 is 5.97 Å². The molecule has 78 valence electrons. The van der Waals surface area contributed by atoms with E-state index in [1.807, 2.05) is 0 Å². The summed E-state index contributed by atoms with van der Waals surface area (Å²) >= 11 is 5.72. The first-order valence-corrected chi connectivity index (χ1v) is 4.79. The highest BCUT2D eigenvalue weighted by molar-refractivity contribution is 6.30. The molecule has 1 aromatic rings. The molecule has 0 radical (unpaired) electrons. The Balaban J connectivity index is 2.71. The average molecular weight is 224 g/mol. The molecule has 0 aliphatic rings. The van der Waals surface area contributed by atoms with Crippen molar-refractivity contribution in [3.8, 4) is 6.07 Å². The molecule has 0 fully saturated rings. The Morgan fingerprint density at radius 2 is 2.13 bits per heavy atom. The van der Waals surface area contributed by atoms with Crippen LogP contribution in [-0.2, 0) is 9.53 Å². The van der Waals surface area contributed by atoms with Gasteiger partial charge in [0.25, 0.3) is 0 Å².